The van der Waals surface area contributed by atoms with Gasteiger partial charge in [0.1, 0.15) is 0 Å². The van der Waals surface area contributed by atoms with E-state index < -0.39 is 0 Å². The first kappa shape index (κ1) is 10.0. The Labute approximate surface area is 90.3 Å². The summed E-state index contributed by atoms with van der Waals surface area (Å²) in [7, 11) is 0. The van der Waals surface area contributed by atoms with Gasteiger partial charge in [0.2, 0.25) is 0 Å². The SMILES string of the molecule is Cc1cc(Cl)ccc1C1(N)CCCC1. The van der Waals surface area contributed by atoms with Gasteiger partial charge in [-0.2, -0.15) is 0 Å². The lowest BCUT2D eigenvalue weighted by molar-refractivity contribution is 0.459. The van der Waals surface area contributed by atoms with Crippen molar-refractivity contribution in [3.63, 3.8) is 0 Å². The van der Waals surface area contributed by atoms with Crippen LogP contribution in [-0.4, -0.2) is 0 Å². The van der Waals surface area contributed by atoms with Crippen molar-refractivity contribution in [1.29, 1.82) is 0 Å². The van der Waals surface area contributed by atoms with Gasteiger partial charge in [-0.25, -0.2) is 0 Å². The number of nitrogens with two attached hydrogens (primary N) is 1. The van der Waals surface area contributed by atoms with Crippen LogP contribution in [0.15, 0.2) is 18.2 Å². The maximum atomic E-state index is 6.39. The average molecular weight is 210 g/mol. The molecule has 0 bridgehead atoms. The van der Waals surface area contributed by atoms with Crippen molar-refractivity contribution >= 4 is 11.6 Å². The molecule has 1 fully saturated rings. The van der Waals surface area contributed by atoms with Crippen LogP contribution in [0.3, 0.4) is 0 Å². The van der Waals surface area contributed by atoms with Crippen molar-refractivity contribution in [2.75, 3.05) is 0 Å². The molecule has 0 spiro atoms. The quantitative estimate of drug-likeness (QED) is 0.754. The van der Waals surface area contributed by atoms with Crippen molar-refractivity contribution < 1.29 is 0 Å². The van der Waals surface area contributed by atoms with Gasteiger partial charge in [-0.15, -0.1) is 0 Å². The number of rotatable bonds is 1. The predicted octanol–water partition coefficient (Wildman–Crippen LogP) is 3.38. The summed E-state index contributed by atoms with van der Waals surface area (Å²) in [4.78, 5) is 0. The van der Waals surface area contributed by atoms with Gasteiger partial charge < -0.3 is 5.73 Å². The molecule has 1 nitrogen and oxygen atoms in total. The first-order chi connectivity index (χ1) is 6.62. The number of aryl methyl sites for hydroxylation is 1. The summed E-state index contributed by atoms with van der Waals surface area (Å²) in [6, 6.07) is 6.03. The molecule has 76 valence electrons. The van der Waals surface area contributed by atoms with E-state index in [-0.39, 0.29) is 5.54 Å². The van der Waals surface area contributed by atoms with Crippen LogP contribution >= 0.6 is 11.6 Å². The molecule has 0 amide bonds. The van der Waals surface area contributed by atoms with E-state index in [0.29, 0.717) is 0 Å². The molecule has 0 aliphatic heterocycles. The second-order valence-electron chi connectivity index (χ2n) is 4.32. The van der Waals surface area contributed by atoms with E-state index in [0.717, 1.165) is 17.9 Å². The lowest BCUT2D eigenvalue weighted by Crippen LogP contribution is -2.33. The van der Waals surface area contributed by atoms with Crippen LogP contribution in [0.5, 0.6) is 0 Å². The van der Waals surface area contributed by atoms with Crippen LogP contribution in [0.25, 0.3) is 0 Å². The van der Waals surface area contributed by atoms with E-state index in [4.69, 9.17) is 17.3 Å². The molecule has 2 N–H and O–H groups in total. The summed E-state index contributed by atoms with van der Waals surface area (Å²) in [6.45, 7) is 2.09. The van der Waals surface area contributed by atoms with Gasteiger partial charge in [0.25, 0.3) is 0 Å². The average Bonchev–Trinajstić information content (AvgIpc) is 2.52. The summed E-state index contributed by atoms with van der Waals surface area (Å²) in [5, 5.41) is 0.799. The second kappa shape index (κ2) is 3.56. The van der Waals surface area contributed by atoms with Crippen molar-refractivity contribution in [2.45, 2.75) is 38.1 Å². The highest BCUT2D eigenvalue weighted by atomic mass is 35.5. The fourth-order valence-electron chi connectivity index (χ4n) is 2.46. The Balaban J connectivity index is 2.40. The zero-order valence-electron chi connectivity index (χ0n) is 8.52. The molecule has 2 heteroatoms. The third-order valence-electron chi connectivity index (χ3n) is 3.22. The van der Waals surface area contributed by atoms with Crippen molar-refractivity contribution in [3.8, 4) is 0 Å². The highest BCUT2D eigenvalue weighted by Gasteiger charge is 2.32. The normalized spacial score (nSPS) is 19.9. The number of hydrogen-bond donors (Lipinski definition) is 1. The molecule has 0 radical (unpaired) electrons. The minimum atomic E-state index is -0.0886. The molecule has 14 heavy (non-hydrogen) atoms. The lowest BCUT2D eigenvalue weighted by Gasteiger charge is -2.26. The molecule has 1 saturated carbocycles. The fourth-order valence-corrected chi connectivity index (χ4v) is 2.69. The lowest BCUT2D eigenvalue weighted by atomic mass is 9.86. The van der Waals surface area contributed by atoms with Gasteiger partial charge in [-0.05, 0) is 43.0 Å². The molecule has 0 aromatic heterocycles. The zero-order valence-corrected chi connectivity index (χ0v) is 9.27. The van der Waals surface area contributed by atoms with E-state index in [1.807, 2.05) is 12.1 Å². The Morgan fingerprint density at radius 2 is 1.93 bits per heavy atom. The van der Waals surface area contributed by atoms with Gasteiger partial charge in [-0.1, -0.05) is 30.5 Å². The topological polar surface area (TPSA) is 26.0 Å². The highest BCUT2D eigenvalue weighted by molar-refractivity contribution is 6.30. The van der Waals surface area contributed by atoms with E-state index in [1.165, 1.54) is 24.0 Å². The van der Waals surface area contributed by atoms with Gasteiger partial charge in [0, 0.05) is 10.6 Å². The molecular weight excluding hydrogens is 194 g/mol. The van der Waals surface area contributed by atoms with E-state index >= 15 is 0 Å². The van der Waals surface area contributed by atoms with Gasteiger partial charge in [0.05, 0.1) is 0 Å². The van der Waals surface area contributed by atoms with Gasteiger partial charge >= 0.3 is 0 Å². The van der Waals surface area contributed by atoms with Gasteiger partial charge in [-0.3, -0.25) is 0 Å². The second-order valence-corrected chi connectivity index (χ2v) is 4.76. The Morgan fingerprint density at radius 3 is 2.50 bits per heavy atom. The summed E-state index contributed by atoms with van der Waals surface area (Å²) in [5.41, 5.74) is 8.80. The van der Waals surface area contributed by atoms with Crippen molar-refractivity contribution in [2.24, 2.45) is 5.73 Å². The zero-order chi connectivity index (χ0) is 10.2. The Bertz CT molecular complexity index is 340. The standard InChI is InChI=1S/C12H16ClN/c1-9-8-10(13)4-5-11(9)12(14)6-2-3-7-12/h4-5,8H,2-3,6-7,14H2,1H3. The predicted molar refractivity (Wildman–Crippen MR) is 60.5 cm³/mol. The Hall–Kier alpha value is -0.530. The van der Waals surface area contributed by atoms with Crippen LogP contribution in [0, 0.1) is 6.92 Å². The molecule has 1 aromatic rings. The van der Waals surface area contributed by atoms with Crippen LogP contribution in [0.1, 0.15) is 36.8 Å². The van der Waals surface area contributed by atoms with Crippen molar-refractivity contribution in [1.82, 2.24) is 0 Å². The minimum absolute atomic E-state index is 0.0886. The van der Waals surface area contributed by atoms with Crippen molar-refractivity contribution in [3.05, 3.63) is 34.3 Å². The Kier molecular flexibility index (Phi) is 2.54. The number of hydrogen-bond acceptors (Lipinski definition) is 1. The van der Waals surface area contributed by atoms with E-state index in [1.54, 1.807) is 0 Å². The summed E-state index contributed by atoms with van der Waals surface area (Å²) < 4.78 is 0. The van der Waals surface area contributed by atoms with E-state index in [9.17, 15) is 0 Å². The smallest absolute Gasteiger partial charge is 0.0412 e. The molecule has 0 unspecified atom stereocenters. The van der Waals surface area contributed by atoms with Crippen LogP contribution < -0.4 is 5.73 Å². The fraction of sp³-hybridized carbons (Fsp3) is 0.500. The summed E-state index contributed by atoms with van der Waals surface area (Å²) in [5.74, 6) is 0. The third-order valence-corrected chi connectivity index (χ3v) is 3.46. The maximum absolute atomic E-state index is 6.39. The molecule has 0 saturated heterocycles. The number of halogens is 1. The summed E-state index contributed by atoms with van der Waals surface area (Å²) >= 11 is 5.93. The maximum Gasteiger partial charge on any atom is 0.0412 e. The molecular formula is C12H16ClN. The molecule has 0 atom stereocenters. The first-order valence-corrected chi connectivity index (χ1v) is 5.55. The molecule has 1 aliphatic carbocycles. The molecule has 0 heterocycles. The first-order valence-electron chi connectivity index (χ1n) is 5.17. The van der Waals surface area contributed by atoms with E-state index in [2.05, 4.69) is 13.0 Å². The van der Waals surface area contributed by atoms with Gasteiger partial charge in [0.15, 0.2) is 0 Å². The summed E-state index contributed by atoms with van der Waals surface area (Å²) in [6.07, 6.45) is 4.71. The molecule has 1 aromatic carbocycles. The largest absolute Gasteiger partial charge is 0.321 e. The third kappa shape index (κ3) is 1.67. The number of benzene rings is 1. The monoisotopic (exact) mass is 209 g/mol. The molecule has 1 aliphatic rings. The highest BCUT2D eigenvalue weighted by Crippen LogP contribution is 2.38. The van der Waals surface area contributed by atoms with Crippen LogP contribution in [0.4, 0.5) is 0 Å². The van der Waals surface area contributed by atoms with Crippen LogP contribution in [-0.2, 0) is 5.54 Å². The Morgan fingerprint density at radius 1 is 1.29 bits per heavy atom. The molecule has 2 rings (SSSR count). The minimum Gasteiger partial charge on any atom is -0.321 e. The van der Waals surface area contributed by atoms with Crippen LogP contribution in [0.2, 0.25) is 5.02 Å².